The van der Waals surface area contributed by atoms with Gasteiger partial charge in [-0.2, -0.15) is 0 Å². The van der Waals surface area contributed by atoms with Crippen LogP contribution in [0.25, 0.3) is 0 Å². The molecule has 7 heteroatoms. The van der Waals surface area contributed by atoms with Gasteiger partial charge >= 0.3 is 0 Å². The summed E-state index contributed by atoms with van der Waals surface area (Å²) in [6.07, 6.45) is 0.173. The maximum Gasteiger partial charge on any atom is 0.229 e. The average molecular weight is 424 g/mol. The molecule has 0 spiro atoms. The van der Waals surface area contributed by atoms with Crippen LogP contribution in [0.15, 0.2) is 46.9 Å². The Kier molecular flexibility index (Phi) is 5.30. The van der Waals surface area contributed by atoms with E-state index in [4.69, 9.17) is 16.3 Å². The summed E-state index contributed by atoms with van der Waals surface area (Å²) >= 11 is 9.45. The van der Waals surface area contributed by atoms with E-state index in [1.165, 1.54) is 0 Å². The third kappa shape index (κ3) is 3.96. The molecule has 25 heavy (non-hydrogen) atoms. The molecule has 1 heterocycles. The summed E-state index contributed by atoms with van der Waals surface area (Å²) in [4.78, 5) is 26.4. The summed E-state index contributed by atoms with van der Waals surface area (Å²) in [6, 6.07) is 12.4. The topological polar surface area (TPSA) is 58.6 Å². The number of carbonyl (C=O) groups is 2. The van der Waals surface area contributed by atoms with Crippen molar-refractivity contribution < 1.29 is 14.3 Å². The van der Waals surface area contributed by atoms with Gasteiger partial charge in [-0.1, -0.05) is 27.5 Å². The van der Waals surface area contributed by atoms with Gasteiger partial charge in [0.05, 0.1) is 23.7 Å². The average Bonchev–Trinajstić information content (AvgIpc) is 2.99. The van der Waals surface area contributed by atoms with E-state index in [1.807, 2.05) is 12.1 Å². The lowest BCUT2D eigenvalue weighted by Gasteiger charge is -2.17. The van der Waals surface area contributed by atoms with E-state index in [-0.39, 0.29) is 18.2 Å². The molecule has 2 amide bonds. The van der Waals surface area contributed by atoms with Crippen molar-refractivity contribution in [3.8, 4) is 5.75 Å². The van der Waals surface area contributed by atoms with E-state index < -0.39 is 5.92 Å². The van der Waals surface area contributed by atoms with Crippen LogP contribution in [-0.2, 0) is 9.59 Å². The van der Waals surface area contributed by atoms with Gasteiger partial charge in [0.2, 0.25) is 11.8 Å². The number of hydrogen-bond donors (Lipinski definition) is 1. The Balaban J connectivity index is 1.69. The second-order valence-corrected chi connectivity index (χ2v) is 7.04. The van der Waals surface area contributed by atoms with Crippen molar-refractivity contribution in [1.82, 2.24) is 0 Å². The first-order valence-electron chi connectivity index (χ1n) is 7.68. The fourth-order valence-electron chi connectivity index (χ4n) is 2.72. The quantitative estimate of drug-likeness (QED) is 0.805. The minimum atomic E-state index is -0.422. The number of methoxy groups -OCH3 is 1. The van der Waals surface area contributed by atoms with Crippen molar-refractivity contribution in [2.75, 3.05) is 23.9 Å². The normalized spacial score (nSPS) is 16.8. The van der Waals surface area contributed by atoms with Crippen LogP contribution in [0.2, 0.25) is 5.02 Å². The molecule has 130 valence electrons. The second-order valence-electron chi connectivity index (χ2n) is 5.72. The number of anilines is 2. The molecule has 0 radical (unpaired) electrons. The Morgan fingerprint density at radius 2 is 2.00 bits per heavy atom. The molecule has 1 N–H and O–H groups in total. The fourth-order valence-corrected chi connectivity index (χ4v) is 3.44. The van der Waals surface area contributed by atoms with Crippen LogP contribution in [0.1, 0.15) is 6.42 Å². The molecule has 0 unspecified atom stereocenters. The minimum Gasteiger partial charge on any atom is -0.497 e. The number of nitrogens with one attached hydrogen (secondary N) is 1. The molecule has 2 aromatic carbocycles. The molecule has 0 aromatic heterocycles. The highest BCUT2D eigenvalue weighted by Crippen LogP contribution is 2.29. The van der Waals surface area contributed by atoms with Crippen molar-refractivity contribution in [2.24, 2.45) is 5.92 Å². The van der Waals surface area contributed by atoms with Crippen LogP contribution in [-0.4, -0.2) is 25.5 Å². The molecule has 0 saturated carbocycles. The molecule has 2 aromatic rings. The van der Waals surface area contributed by atoms with E-state index in [0.29, 0.717) is 17.3 Å². The summed E-state index contributed by atoms with van der Waals surface area (Å²) < 4.78 is 5.95. The van der Waals surface area contributed by atoms with E-state index in [0.717, 1.165) is 15.9 Å². The zero-order chi connectivity index (χ0) is 18.0. The minimum absolute atomic E-state index is 0.0766. The lowest BCUT2D eigenvalue weighted by Crippen LogP contribution is -2.28. The molecule has 5 nitrogen and oxygen atoms in total. The highest BCUT2D eigenvalue weighted by atomic mass is 79.9. The number of amides is 2. The lowest BCUT2D eigenvalue weighted by atomic mass is 10.1. The third-order valence-corrected chi connectivity index (χ3v) is 4.87. The first kappa shape index (κ1) is 17.8. The number of benzene rings is 2. The zero-order valence-corrected chi connectivity index (χ0v) is 15.8. The number of halogens is 2. The number of rotatable bonds is 4. The zero-order valence-electron chi connectivity index (χ0n) is 13.5. The van der Waals surface area contributed by atoms with Crippen LogP contribution in [0.4, 0.5) is 11.4 Å². The number of ether oxygens (including phenoxy) is 1. The Labute approximate surface area is 159 Å². The third-order valence-electron chi connectivity index (χ3n) is 4.07. The molecule has 3 rings (SSSR count). The largest absolute Gasteiger partial charge is 0.497 e. The van der Waals surface area contributed by atoms with Gasteiger partial charge in [-0.3, -0.25) is 9.59 Å². The Bertz CT molecular complexity index is 810. The predicted molar refractivity (Wildman–Crippen MR) is 101 cm³/mol. The Morgan fingerprint density at radius 3 is 2.64 bits per heavy atom. The molecule has 0 bridgehead atoms. The summed E-state index contributed by atoms with van der Waals surface area (Å²) in [5, 5.41) is 3.24. The second kappa shape index (κ2) is 7.45. The molecule has 1 atom stereocenters. The molecule has 0 aliphatic carbocycles. The van der Waals surface area contributed by atoms with Crippen LogP contribution in [0.5, 0.6) is 5.75 Å². The first-order valence-corrected chi connectivity index (χ1v) is 8.85. The van der Waals surface area contributed by atoms with Gasteiger partial charge in [0, 0.05) is 23.1 Å². The standard InChI is InChI=1S/C18H16BrClN2O3/c1-25-14-5-3-13(4-6-14)22-10-11(8-17(22)23)18(24)21-16-7-2-12(19)9-15(16)20/h2-7,9,11H,8,10H2,1H3,(H,21,24)/t11-/m0/s1. The predicted octanol–water partition coefficient (Wildman–Crippen LogP) is 4.10. The molecule has 1 aliphatic rings. The molecule has 1 saturated heterocycles. The van der Waals surface area contributed by atoms with Crippen LogP contribution in [0.3, 0.4) is 0 Å². The van der Waals surface area contributed by atoms with E-state index in [1.54, 1.807) is 42.3 Å². The fraction of sp³-hybridized carbons (Fsp3) is 0.222. The first-order chi connectivity index (χ1) is 12.0. The van der Waals surface area contributed by atoms with E-state index in [2.05, 4.69) is 21.2 Å². The van der Waals surface area contributed by atoms with E-state index in [9.17, 15) is 9.59 Å². The van der Waals surface area contributed by atoms with E-state index >= 15 is 0 Å². The van der Waals surface area contributed by atoms with Crippen LogP contribution >= 0.6 is 27.5 Å². The Morgan fingerprint density at radius 1 is 1.28 bits per heavy atom. The summed E-state index contributed by atoms with van der Waals surface area (Å²) in [6.45, 7) is 0.338. The number of nitrogens with zero attached hydrogens (tertiary/aromatic N) is 1. The lowest BCUT2D eigenvalue weighted by molar-refractivity contribution is -0.122. The van der Waals surface area contributed by atoms with Crippen molar-refractivity contribution in [3.05, 3.63) is 52.0 Å². The highest BCUT2D eigenvalue weighted by Gasteiger charge is 2.35. The van der Waals surface area contributed by atoms with Crippen LogP contribution in [0, 0.1) is 5.92 Å². The van der Waals surface area contributed by atoms with Gasteiger partial charge in [0.15, 0.2) is 0 Å². The van der Waals surface area contributed by atoms with Gasteiger partial charge in [-0.05, 0) is 42.5 Å². The smallest absolute Gasteiger partial charge is 0.229 e. The van der Waals surface area contributed by atoms with Gasteiger partial charge in [-0.25, -0.2) is 0 Å². The SMILES string of the molecule is COc1ccc(N2C[C@@H](C(=O)Nc3ccc(Br)cc3Cl)CC2=O)cc1. The van der Waals surface area contributed by atoms with Gasteiger partial charge in [0.25, 0.3) is 0 Å². The van der Waals surface area contributed by atoms with Gasteiger partial charge < -0.3 is 15.0 Å². The van der Waals surface area contributed by atoms with Crippen molar-refractivity contribution in [3.63, 3.8) is 0 Å². The van der Waals surface area contributed by atoms with Crippen molar-refractivity contribution in [2.45, 2.75) is 6.42 Å². The maximum atomic E-state index is 12.5. The highest BCUT2D eigenvalue weighted by molar-refractivity contribution is 9.10. The number of carbonyl (C=O) groups excluding carboxylic acids is 2. The number of hydrogen-bond acceptors (Lipinski definition) is 3. The molecule has 1 fully saturated rings. The van der Waals surface area contributed by atoms with Crippen LogP contribution < -0.4 is 15.0 Å². The monoisotopic (exact) mass is 422 g/mol. The molecular weight excluding hydrogens is 408 g/mol. The maximum absolute atomic E-state index is 12.5. The summed E-state index contributed by atoms with van der Waals surface area (Å²) in [5.74, 6) is 0.00434. The van der Waals surface area contributed by atoms with Gasteiger partial charge in [0.1, 0.15) is 5.75 Å². The van der Waals surface area contributed by atoms with Crippen molar-refractivity contribution in [1.29, 1.82) is 0 Å². The summed E-state index contributed by atoms with van der Waals surface area (Å²) in [5.41, 5.74) is 1.29. The molecule has 1 aliphatic heterocycles. The Hall–Kier alpha value is -2.05. The summed E-state index contributed by atoms with van der Waals surface area (Å²) in [7, 11) is 1.59. The molecular formula is C18H16BrClN2O3. The van der Waals surface area contributed by atoms with Crippen molar-refractivity contribution >= 4 is 50.7 Å². The van der Waals surface area contributed by atoms with Gasteiger partial charge in [-0.15, -0.1) is 0 Å².